The molecule has 0 unspecified atom stereocenters. The summed E-state index contributed by atoms with van der Waals surface area (Å²) in [4.78, 5) is 0. The largest absolute Gasteiger partial charge is 0.398 e. The predicted molar refractivity (Wildman–Crippen MR) is 74.9 cm³/mol. The Morgan fingerprint density at radius 1 is 1.32 bits per heavy atom. The van der Waals surface area contributed by atoms with Gasteiger partial charge >= 0.3 is 0 Å². The summed E-state index contributed by atoms with van der Waals surface area (Å²) in [6.07, 6.45) is 0.201. The topological polar surface area (TPSA) is 61.8 Å². The van der Waals surface area contributed by atoms with Crippen molar-refractivity contribution in [3.63, 3.8) is 0 Å². The highest BCUT2D eigenvalue weighted by molar-refractivity contribution is 6.33. The molecule has 3 nitrogen and oxygen atoms in total. The van der Waals surface area contributed by atoms with Crippen LogP contribution in [0.1, 0.15) is 5.56 Å². The minimum Gasteiger partial charge on any atom is -0.398 e. The maximum atomic E-state index is 13.6. The van der Waals surface area contributed by atoms with Gasteiger partial charge in [-0.2, -0.15) is 5.26 Å². The highest BCUT2D eigenvalue weighted by atomic mass is 35.5. The smallest absolute Gasteiger partial charge is 0.148 e. The minimum atomic E-state index is -0.439. The summed E-state index contributed by atoms with van der Waals surface area (Å²) in [5.74, 6) is -0.439. The van der Waals surface area contributed by atoms with E-state index in [9.17, 15) is 4.39 Å². The third-order valence-corrected chi connectivity index (χ3v) is 2.96. The van der Waals surface area contributed by atoms with Crippen LogP contribution in [0.4, 0.5) is 21.5 Å². The zero-order valence-corrected chi connectivity index (χ0v) is 10.7. The fraction of sp³-hybridized carbons (Fsp3) is 0.0714. The van der Waals surface area contributed by atoms with Gasteiger partial charge in [-0.05, 0) is 35.9 Å². The summed E-state index contributed by atoms with van der Waals surface area (Å²) in [6.45, 7) is 0. The Balaban J connectivity index is 2.34. The second kappa shape index (κ2) is 5.59. The Labute approximate surface area is 115 Å². The van der Waals surface area contributed by atoms with E-state index in [2.05, 4.69) is 5.32 Å². The predicted octanol–water partition coefficient (Wildman–Crippen LogP) is 3.87. The van der Waals surface area contributed by atoms with E-state index in [-0.39, 0.29) is 12.1 Å². The number of nitriles is 1. The molecule has 0 saturated heterocycles. The lowest BCUT2D eigenvalue weighted by Crippen LogP contribution is -1.98. The molecule has 0 saturated carbocycles. The van der Waals surface area contributed by atoms with Gasteiger partial charge in [0, 0.05) is 11.4 Å². The molecule has 5 heteroatoms. The molecule has 0 aromatic heterocycles. The highest BCUT2D eigenvalue weighted by Gasteiger charge is 2.08. The molecule has 0 heterocycles. The lowest BCUT2D eigenvalue weighted by atomic mass is 10.1. The number of anilines is 3. The van der Waals surface area contributed by atoms with Gasteiger partial charge in [-0.3, -0.25) is 0 Å². The Bertz CT molecular complexity index is 629. The molecule has 0 aliphatic carbocycles. The lowest BCUT2D eigenvalue weighted by Gasteiger charge is -2.11. The number of nitrogens with two attached hydrogens (primary N) is 1. The monoisotopic (exact) mass is 275 g/mol. The van der Waals surface area contributed by atoms with E-state index >= 15 is 0 Å². The molecule has 0 aliphatic rings. The molecule has 0 radical (unpaired) electrons. The molecule has 2 aromatic rings. The molecular weight excluding hydrogens is 265 g/mol. The maximum Gasteiger partial charge on any atom is 0.148 e. The van der Waals surface area contributed by atoms with Crippen molar-refractivity contribution in [3.8, 4) is 6.07 Å². The number of nitrogen functional groups attached to an aromatic ring is 1. The Kier molecular flexibility index (Phi) is 3.88. The normalized spacial score (nSPS) is 9.95. The number of nitrogens with one attached hydrogen (secondary N) is 1. The van der Waals surface area contributed by atoms with E-state index in [1.54, 1.807) is 24.3 Å². The van der Waals surface area contributed by atoms with Crippen molar-refractivity contribution in [3.05, 3.63) is 52.8 Å². The Morgan fingerprint density at radius 2 is 2.11 bits per heavy atom. The van der Waals surface area contributed by atoms with Crippen LogP contribution >= 0.6 is 11.6 Å². The van der Waals surface area contributed by atoms with E-state index in [0.717, 1.165) is 0 Å². The van der Waals surface area contributed by atoms with Gasteiger partial charge in [-0.15, -0.1) is 0 Å². The standard InChI is InChI=1S/C14H11ClFN3/c15-11-2-1-3-12(16)14(11)19-10-4-5-13(18)9(8-10)6-7-17/h1-5,8,19H,6,18H2. The van der Waals surface area contributed by atoms with E-state index in [4.69, 9.17) is 22.6 Å². The molecular formula is C14H11ClFN3. The van der Waals surface area contributed by atoms with Crippen LogP contribution in [0, 0.1) is 17.1 Å². The van der Waals surface area contributed by atoms with Crippen molar-refractivity contribution >= 4 is 28.7 Å². The van der Waals surface area contributed by atoms with Gasteiger partial charge in [0.05, 0.1) is 23.2 Å². The second-order valence-corrected chi connectivity index (χ2v) is 4.38. The van der Waals surface area contributed by atoms with Gasteiger partial charge in [0.1, 0.15) is 5.82 Å². The van der Waals surface area contributed by atoms with Gasteiger partial charge in [0.15, 0.2) is 0 Å². The molecule has 0 amide bonds. The van der Waals surface area contributed by atoms with Crippen LogP contribution in [-0.2, 0) is 6.42 Å². The second-order valence-electron chi connectivity index (χ2n) is 3.97. The number of rotatable bonds is 3. The molecule has 0 spiro atoms. The van der Waals surface area contributed by atoms with Crippen LogP contribution in [-0.4, -0.2) is 0 Å². The van der Waals surface area contributed by atoms with E-state index in [0.29, 0.717) is 22.0 Å². The van der Waals surface area contributed by atoms with Crippen molar-refractivity contribution in [1.82, 2.24) is 0 Å². The Morgan fingerprint density at radius 3 is 2.79 bits per heavy atom. The SMILES string of the molecule is N#CCc1cc(Nc2c(F)cccc2Cl)ccc1N. The molecule has 3 N–H and O–H groups in total. The molecule has 96 valence electrons. The zero-order chi connectivity index (χ0) is 13.8. The zero-order valence-electron chi connectivity index (χ0n) is 9.95. The fourth-order valence-electron chi connectivity index (χ4n) is 1.68. The van der Waals surface area contributed by atoms with Gasteiger partial charge in [-0.25, -0.2) is 4.39 Å². The number of hydrogen-bond acceptors (Lipinski definition) is 3. The first kappa shape index (κ1) is 13.2. The maximum absolute atomic E-state index is 13.6. The van der Waals surface area contributed by atoms with Gasteiger partial charge in [0.2, 0.25) is 0 Å². The van der Waals surface area contributed by atoms with Crippen LogP contribution in [0.2, 0.25) is 5.02 Å². The summed E-state index contributed by atoms with van der Waals surface area (Å²) in [5, 5.41) is 11.9. The van der Waals surface area contributed by atoms with Crippen molar-refractivity contribution in [2.75, 3.05) is 11.1 Å². The molecule has 0 aliphatic heterocycles. The van der Waals surface area contributed by atoms with E-state index < -0.39 is 5.82 Å². The summed E-state index contributed by atoms with van der Waals surface area (Å²) in [6, 6.07) is 11.6. The van der Waals surface area contributed by atoms with Gasteiger partial charge in [-0.1, -0.05) is 17.7 Å². The average Bonchev–Trinajstić information content (AvgIpc) is 2.38. The quantitative estimate of drug-likeness (QED) is 0.836. The lowest BCUT2D eigenvalue weighted by molar-refractivity contribution is 0.632. The Hall–Kier alpha value is -2.25. The third kappa shape index (κ3) is 2.95. The van der Waals surface area contributed by atoms with Crippen LogP contribution in [0.3, 0.4) is 0 Å². The van der Waals surface area contributed by atoms with Crippen molar-refractivity contribution in [2.24, 2.45) is 0 Å². The van der Waals surface area contributed by atoms with Gasteiger partial charge in [0.25, 0.3) is 0 Å². The average molecular weight is 276 g/mol. The first-order valence-electron chi connectivity index (χ1n) is 5.58. The fourth-order valence-corrected chi connectivity index (χ4v) is 1.89. The van der Waals surface area contributed by atoms with Crippen LogP contribution in [0.25, 0.3) is 0 Å². The summed E-state index contributed by atoms with van der Waals surface area (Å²) < 4.78 is 13.6. The summed E-state index contributed by atoms with van der Waals surface area (Å²) >= 11 is 5.93. The van der Waals surface area contributed by atoms with E-state index in [1.807, 2.05) is 6.07 Å². The summed E-state index contributed by atoms with van der Waals surface area (Å²) in [7, 11) is 0. The molecule has 2 rings (SSSR count). The number of hydrogen-bond donors (Lipinski definition) is 2. The molecule has 19 heavy (non-hydrogen) atoms. The number of benzene rings is 2. The van der Waals surface area contributed by atoms with Crippen molar-refractivity contribution in [1.29, 1.82) is 5.26 Å². The highest BCUT2D eigenvalue weighted by Crippen LogP contribution is 2.29. The number of nitrogens with zero attached hydrogens (tertiary/aromatic N) is 1. The van der Waals surface area contributed by atoms with E-state index in [1.165, 1.54) is 12.1 Å². The number of halogens is 2. The van der Waals surface area contributed by atoms with Crippen molar-refractivity contribution in [2.45, 2.75) is 6.42 Å². The van der Waals surface area contributed by atoms with Crippen LogP contribution in [0.5, 0.6) is 0 Å². The first-order chi connectivity index (χ1) is 9.11. The molecule has 2 aromatic carbocycles. The number of para-hydroxylation sites is 1. The molecule has 0 bridgehead atoms. The van der Waals surface area contributed by atoms with Crippen LogP contribution in [0.15, 0.2) is 36.4 Å². The minimum absolute atomic E-state index is 0.201. The summed E-state index contributed by atoms with van der Waals surface area (Å²) in [5.41, 5.74) is 7.81. The van der Waals surface area contributed by atoms with Crippen LogP contribution < -0.4 is 11.1 Å². The van der Waals surface area contributed by atoms with Crippen molar-refractivity contribution < 1.29 is 4.39 Å². The first-order valence-corrected chi connectivity index (χ1v) is 5.96. The van der Waals surface area contributed by atoms with Gasteiger partial charge < -0.3 is 11.1 Å². The third-order valence-electron chi connectivity index (χ3n) is 2.64. The molecule has 0 atom stereocenters. The molecule has 0 fully saturated rings.